The lowest BCUT2D eigenvalue weighted by Gasteiger charge is -2.45. The first kappa shape index (κ1) is 24.6. The first-order chi connectivity index (χ1) is 15.5. The summed E-state index contributed by atoms with van der Waals surface area (Å²) < 4.78 is 11.8. The molecule has 2 fully saturated rings. The third kappa shape index (κ3) is 7.26. The Morgan fingerprint density at radius 2 is 1.91 bits per heavy atom. The lowest BCUT2D eigenvalue weighted by Crippen LogP contribution is -2.56. The van der Waals surface area contributed by atoms with Gasteiger partial charge in [-0.3, -0.25) is 4.90 Å². The Kier molecular flexibility index (Phi) is 7.69. The Morgan fingerprint density at radius 1 is 1.24 bits per heavy atom. The highest BCUT2D eigenvalue weighted by Gasteiger charge is 2.36. The zero-order valence-electron chi connectivity index (χ0n) is 20.0. The van der Waals surface area contributed by atoms with Crippen LogP contribution in [0, 0.1) is 30.1 Å². The number of urea groups is 1. The Bertz CT molecular complexity index is 893. The molecule has 0 spiro atoms. The minimum absolute atomic E-state index is 0.198. The summed E-state index contributed by atoms with van der Waals surface area (Å²) in [4.78, 5) is 28.1. The second kappa shape index (κ2) is 10.3. The predicted molar refractivity (Wildman–Crippen MR) is 124 cm³/mol. The molecule has 3 unspecified atom stereocenters. The molecule has 2 aliphatic heterocycles. The number of likely N-dealkylation sites (tertiary alicyclic amines) is 2. The third-order valence-corrected chi connectivity index (χ3v) is 5.91. The fraction of sp³-hybridized carbons (Fsp3) is 0.625. The molecule has 2 bridgehead atoms. The zero-order valence-corrected chi connectivity index (χ0v) is 20.0. The molecule has 33 heavy (non-hydrogen) atoms. The van der Waals surface area contributed by atoms with Crippen LogP contribution in [0.15, 0.2) is 18.2 Å². The number of fused-ring (bicyclic) bond motifs is 2. The number of alkyl carbamates (subject to hydrolysis) is 1. The van der Waals surface area contributed by atoms with E-state index in [9.17, 15) is 9.59 Å². The lowest BCUT2D eigenvalue weighted by molar-refractivity contribution is 0.0000712. The summed E-state index contributed by atoms with van der Waals surface area (Å²) in [5, 5.41) is 11.9. The van der Waals surface area contributed by atoms with Crippen molar-refractivity contribution >= 4 is 12.1 Å². The summed E-state index contributed by atoms with van der Waals surface area (Å²) in [5.74, 6) is 1.37. The van der Waals surface area contributed by atoms with Crippen LogP contribution in [-0.2, 0) is 4.74 Å². The maximum Gasteiger partial charge on any atom is 0.407 e. The van der Waals surface area contributed by atoms with E-state index in [4.69, 9.17) is 20.5 Å². The Balaban J connectivity index is 1.65. The molecule has 0 radical (unpaired) electrons. The molecule has 9 nitrogen and oxygen atoms in total. The van der Waals surface area contributed by atoms with Crippen molar-refractivity contribution in [2.45, 2.75) is 45.8 Å². The molecule has 0 aromatic heterocycles. The van der Waals surface area contributed by atoms with E-state index >= 15 is 0 Å². The topological polar surface area (TPSA) is 121 Å². The standard InChI is InChI=1S/C24H35N5O4/c1-16-7-17(9-25)5-6-21(16)32-15-20(33-23(31)27-24(2,3)4)14-28-10-18-8-19(11-28)13-29(12-18)22(26)30/h5-7,18-20H,8,10-15H2,1-4H3,(H2,26,30)(H,27,31). The van der Waals surface area contributed by atoms with Crippen LogP contribution >= 0.6 is 0 Å². The van der Waals surface area contributed by atoms with E-state index < -0.39 is 17.7 Å². The van der Waals surface area contributed by atoms with Gasteiger partial charge in [0.25, 0.3) is 0 Å². The summed E-state index contributed by atoms with van der Waals surface area (Å²) >= 11 is 0. The molecular weight excluding hydrogens is 422 g/mol. The lowest BCUT2D eigenvalue weighted by atomic mass is 9.84. The van der Waals surface area contributed by atoms with E-state index in [2.05, 4.69) is 16.3 Å². The van der Waals surface area contributed by atoms with Crippen LogP contribution in [0.2, 0.25) is 0 Å². The van der Waals surface area contributed by atoms with Gasteiger partial charge in [0.05, 0.1) is 11.6 Å². The molecule has 3 amide bonds. The molecule has 3 rings (SSSR count). The van der Waals surface area contributed by atoms with E-state index in [1.165, 1.54) is 0 Å². The Labute approximate surface area is 195 Å². The van der Waals surface area contributed by atoms with Gasteiger partial charge in [0.2, 0.25) is 0 Å². The largest absolute Gasteiger partial charge is 0.489 e. The number of carbonyl (C=O) groups is 2. The van der Waals surface area contributed by atoms with Crippen LogP contribution in [0.4, 0.5) is 9.59 Å². The van der Waals surface area contributed by atoms with E-state index in [-0.39, 0.29) is 12.6 Å². The first-order valence-electron chi connectivity index (χ1n) is 11.4. The van der Waals surface area contributed by atoms with Crippen molar-refractivity contribution in [3.63, 3.8) is 0 Å². The number of amides is 3. The normalized spacial score (nSPS) is 21.6. The molecule has 2 aliphatic rings. The number of carbonyl (C=O) groups excluding carboxylic acids is 2. The van der Waals surface area contributed by atoms with E-state index in [1.54, 1.807) is 23.1 Å². The third-order valence-electron chi connectivity index (χ3n) is 5.91. The van der Waals surface area contributed by atoms with Crippen LogP contribution in [-0.4, -0.2) is 72.9 Å². The molecule has 1 aromatic rings. The summed E-state index contributed by atoms with van der Waals surface area (Å²) in [5.41, 5.74) is 6.50. The van der Waals surface area contributed by atoms with Crippen molar-refractivity contribution in [2.24, 2.45) is 17.6 Å². The van der Waals surface area contributed by atoms with Gasteiger partial charge in [0.1, 0.15) is 12.4 Å². The van der Waals surface area contributed by atoms with Crippen molar-refractivity contribution < 1.29 is 19.1 Å². The summed E-state index contributed by atoms with van der Waals surface area (Å²) in [6.45, 7) is 11.3. The highest BCUT2D eigenvalue weighted by atomic mass is 16.6. The van der Waals surface area contributed by atoms with Gasteiger partial charge in [0.15, 0.2) is 6.10 Å². The summed E-state index contributed by atoms with van der Waals surface area (Å²) in [6, 6.07) is 7.01. The second-order valence-corrected chi connectivity index (χ2v) is 10.2. The average molecular weight is 458 g/mol. The number of nitrogens with two attached hydrogens (primary N) is 1. The monoisotopic (exact) mass is 457 g/mol. The number of nitriles is 1. The molecule has 2 heterocycles. The number of piperidine rings is 2. The van der Waals surface area contributed by atoms with Crippen molar-refractivity contribution in [1.82, 2.24) is 15.1 Å². The first-order valence-corrected chi connectivity index (χ1v) is 11.4. The van der Waals surface area contributed by atoms with Crippen molar-refractivity contribution in [1.29, 1.82) is 5.26 Å². The van der Waals surface area contributed by atoms with Crippen molar-refractivity contribution in [2.75, 3.05) is 39.3 Å². The molecule has 1 aromatic carbocycles. The van der Waals surface area contributed by atoms with Gasteiger partial charge >= 0.3 is 12.1 Å². The fourth-order valence-electron chi connectivity index (χ4n) is 4.68. The number of nitrogens with zero attached hydrogens (tertiary/aromatic N) is 3. The number of hydrogen-bond acceptors (Lipinski definition) is 6. The van der Waals surface area contributed by atoms with Crippen LogP contribution in [0.5, 0.6) is 5.75 Å². The Morgan fingerprint density at radius 3 is 2.45 bits per heavy atom. The number of ether oxygens (including phenoxy) is 2. The van der Waals surface area contributed by atoms with Gasteiger partial charge < -0.3 is 25.4 Å². The fourth-order valence-corrected chi connectivity index (χ4v) is 4.68. The minimum atomic E-state index is -0.482. The second-order valence-electron chi connectivity index (χ2n) is 10.2. The Hall–Kier alpha value is -2.99. The maximum absolute atomic E-state index is 12.5. The van der Waals surface area contributed by atoms with Crippen LogP contribution < -0.4 is 15.8 Å². The molecule has 0 aliphatic carbocycles. The molecule has 0 saturated carbocycles. The number of nitrogens with one attached hydrogen (secondary N) is 1. The molecule has 3 N–H and O–H groups in total. The van der Waals surface area contributed by atoms with Gasteiger partial charge in [-0.15, -0.1) is 0 Å². The summed E-state index contributed by atoms with van der Waals surface area (Å²) in [6.07, 6.45) is 0.121. The number of aryl methyl sites for hydroxylation is 1. The van der Waals surface area contributed by atoms with Crippen molar-refractivity contribution in [3.05, 3.63) is 29.3 Å². The van der Waals surface area contributed by atoms with E-state index in [0.29, 0.717) is 42.8 Å². The highest BCUT2D eigenvalue weighted by Crippen LogP contribution is 2.29. The van der Waals surface area contributed by atoms with Gasteiger partial charge in [-0.2, -0.15) is 5.26 Å². The SMILES string of the molecule is Cc1cc(C#N)ccc1OCC(CN1CC2CC(C1)CN(C(N)=O)C2)OC(=O)NC(C)(C)C. The van der Waals surface area contributed by atoms with Gasteiger partial charge in [-0.25, -0.2) is 9.59 Å². The van der Waals surface area contributed by atoms with Gasteiger partial charge in [-0.1, -0.05) is 0 Å². The highest BCUT2D eigenvalue weighted by molar-refractivity contribution is 5.72. The van der Waals surface area contributed by atoms with E-state index in [0.717, 1.165) is 25.1 Å². The quantitative estimate of drug-likeness (QED) is 0.677. The molecule has 3 atom stereocenters. The van der Waals surface area contributed by atoms with Crippen molar-refractivity contribution in [3.8, 4) is 11.8 Å². The molecular formula is C24H35N5O4. The smallest absolute Gasteiger partial charge is 0.407 e. The number of hydrogen-bond donors (Lipinski definition) is 2. The van der Waals surface area contributed by atoms with Gasteiger partial charge in [-0.05, 0) is 69.7 Å². The number of benzene rings is 1. The van der Waals surface area contributed by atoms with Crippen LogP contribution in [0.25, 0.3) is 0 Å². The number of primary amides is 1. The average Bonchev–Trinajstić information content (AvgIpc) is 2.70. The minimum Gasteiger partial charge on any atom is -0.489 e. The molecule has 180 valence electrons. The van der Waals surface area contributed by atoms with Crippen LogP contribution in [0.3, 0.4) is 0 Å². The maximum atomic E-state index is 12.5. The number of rotatable bonds is 6. The zero-order chi connectivity index (χ0) is 24.2. The predicted octanol–water partition coefficient (Wildman–Crippen LogP) is 2.47. The van der Waals surface area contributed by atoms with Crippen LogP contribution in [0.1, 0.15) is 38.3 Å². The van der Waals surface area contributed by atoms with E-state index in [1.807, 2.05) is 27.7 Å². The summed E-state index contributed by atoms with van der Waals surface area (Å²) in [7, 11) is 0. The molecule has 2 saturated heterocycles. The molecule has 9 heteroatoms. The van der Waals surface area contributed by atoms with Gasteiger partial charge in [0, 0.05) is 38.3 Å².